The van der Waals surface area contributed by atoms with Crippen LogP contribution in [0.1, 0.15) is 12.8 Å². The highest BCUT2D eigenvalue weighted by Crippen LogP contribution is 2.20. The number of aromatic nitrogens is 2. The molecule has 1 unspecified atom stereocenters. The number of hydrogen-bond donors (Lipinski definition) is 1. The van der Waals surface area contributed by atoms with Crippen molar-refractivity contribution in [1.29, 1.82) is 0 Å². The van der Waals surface area contributed by atoms with Gasteiger partial charge in [-0.15, -0.1) is 0 Å². The third-order valence-corrected chi connectivity index (χ3v) is 3.58. The summed E-state index contributed by atoms with van der Waals surface area (Å²) in [4.78, 5) is 8.14. The van der Waals surface area contributed by atoms with Crippen LogP contribution in [-0.4, -0.2) is 34.6 Å². The SMILES string of the molecule is COc1cc(NC2CCCSC2)ncn1. The van der Waals surface area contributed by atoms with Gasteiger partial charge in [0.1, 0.15) is 12.1 Å². The molecule has 1 saturated heterocycles. The Bertz CT molecular complexity index is 315. The summed E-state index contributed by atoms with van der Waals surface area (Å²) >= 11 is 2.00. The summed E-state index contributed by atoms with van der Waals surface area (Å²) in [5, 5.41) is 3.40. The number of thioether (sulfide) groups is 1. The lowest BCUT2D eigenvalue weighted by Gasteiger charge is -2.22. The van der Waals surface area contributed by atoms with E-state index in [0.717, 1.165) is 11.6 Å². The third kappa shape index (κ3) is 2.99. The molecule has 0 bridgehead atoms. The lowest BCUT2D eigenvalue weighted by molar-refractivity contribution is 0.397. The molecule has 1 aromatic rings. The number of anilines is 1. The molecule has 1 aliphatic rings. The quantitative estimate of drug-likeness (QED) is 0.850. The summed E-state index contributed by atoms with van der Waals surface area (Å²) in [5.41, 5.74) is 0. The van der Waals surface area contributed by atoms with Gasteiger partial charge < -0.3 is 10.1 Å². The van der Waals surface area contributed by atoms with E-state index in [1.807, 2.05) is 17.8 Å². The Kier molecular flexibility index (Phi) is 3.66. The van der Waals surface area contributed by atoms with E-state index in [-0.39, 0.29) is 0 Å². The van der Waals surface area contributed by atoms with Crippen molar-refractivity contribution in [3.63, 3.8) is 0 Å². The topological polar surface area (TPSA) is 47.0 Å². The monoisotopic (exact) mass is 225 g/mol. The average molecular weight is 225 g/mol. The zero-order chi connectivity index (χ0) is 10.5. The van der Waals surface area contributed by atoms with Crippen LogP contribution in [0, 0.1) is 0 Å². The van der Waals surface area contributed by atoms with E-state index >= 15 is 0 Å². The zero-order valence-corrected chi connectivity index (χ0v) is 9.59. The van der Waals surface area contributed by atoms with Gasteiger partial charge in [-0.05, 0) is 18.6 Å². The summed E-state index contributed by atoms with van der Waals surface area (Å²) in [6.45, 7) is 0. The van der Waals surface area contributed by atoms with Gasteiger partial charge in [-0.2, -0.15) is 11.8 Å². The normalized spacial score (nSPS) is 21.0. The van der Waals surface area contributed by atoms with Gasteiger partial charge in [0.25, 0.3) is 0 Å². The van der Waals surface area contributed by atoms with Crippen molar-refractivity contribution in [2.75, 3.05) is 23.9 Å². The summed E-state index contributed by atoms with van der Waals surface area (Å²) in [5.74, 6) is 3.91. The Morgan fingerprint density at radius 2 is 2.47 bits per heavy atom. The predicted molar refractivity (Wildman–Crippen MR) is 62.6 cm³/mol. The maximum Gasteiger partial charge on any atom is 0.218 e. The lowest BCUT2D eigenvalue weighted by Crippen LogP contribution is -2.26. The van der Waals surface area contributed by atoms with Gasteiger partial charge in [0, 0.05) is 17.9 Å². The maximum absolute atomic E-state index is 5.05. The molecule has 4 nitrogen and oxygen atoms in total. The Labute approximate surface area is 93.8 Å². The Hall–Kier alpha value is -0.970. The Balaban J connectivity index is 1.96. The smallest absolute Gasteiger partial charge is 0.218 e. The number of hydrogen-bond acceptors (Lipinski definition) is 5. The number of nitrogens with one attached hydrogen (secondary N) is 1. The van der Waals surface area contributed by atoms with Crippen molar-refractivity contribution in [2.45, 2.75) is 18.9 Å². The molecule has 2 heterocycles. The fourth-order valence-electron chi connectivity index (χ4n) is 1.59. The Morgan fingerprint density at radius 3 is 3.20 bits per heavy atom. The van der Waals surface area contributed by atoms with E-state index in [1.165, 1.54) is 24.9 Å². The summed E-state index contributed by atoms with van der Waals surface area (Å²) in [6, 6.07) is 2.36. The first-order chi connectivity index (χ1) is 7.38. The van der Waals surface area contributed by atoms with Crippen molar-refractivity contribution in [2.24, 2.45) is 0 Å². The zero-order valence-electron chi connectivity index (χ0n) is 8.77. The predicted octanol–water partition coefficient (Wildman–Crippen LogP) is 1.79. The van der Waals surface area contributed by atoms with Gasteiger partial charge in [-0.1, -0.05) is 0 Å². The molecule has 1 fully saturated rings. The van der Waals surface area contributed by atoms with Gasteiger partial charge in [-0.3, -0.25) is 0 Å². The number of ether oxygens (including phenoxy) is 1. The van der Waals surface area contributed by atoms with Crippen molar-refractivity contribution in [3.8, 4) is 5.88 Å². The number of methoxy groups -OCH3 is 1. The molecule has 1 aliphatic heterocycles. The lowest BCUT2D eigenvalue weighted by atomic mass is 10.2. The molecule has 0 spiro atoms. The van der Waals surface area contributed by atoms with E-state index in [4.69, 9.17) is 4.74 Å². The van der Waals surface area contributed by atoms with Crippen LogP contribution in [0.4, 0.5) is 5.82 Å². The van der Waals surface area contributed by atoms with Crippen LogP contribution in [0.3, 0.4) is 0 Å². The fourth-order valence-corrected chi connectivity index (χ4v) is 2.67. The molecule has 15 heavy (non-hydrogen) atoms. The van der Waals surface area contributed by atoms with Crippen molar-refractivity contribution in [1.82, 2.24) is 9.97 Å². The van der Waals surface area contributed by atoms with Crippen LogP contribution in [0.15, 0.2) is 12.4 Å². The van der Waals surface area contributed by atoms with E-state index in [2.05, 4.69) is 15.3 Å². The highest BCUT2D eigenvalue weighted by molar-refractivity contribution is 7.99. The molecule has 1 atom stereocenters. The minimum absolute atomic E-state index is 0.531. The molecule has 1 aromatic heterocycles. The summed E-state index contributed by atoms with van der Waals surface area (Å²) in [7, 11) is 1.61. The molecule has 5 heteroatoms. The van der Waals surface area contributed by atoms with Crippen LogP contribution >= 0.6 is 11.8 Å². The minimum Gasteiger partial charge on any atom is -0.481 e. The van der Waals surface area contributed by atoms with Gasteiger partial charge in [0.15, 0.2) is 0 Å². The van der Waals surface area contributed by atoms with E-state index in [0.29, 0.717) is 11.9 Å². The maximum atomic E-state index is 5.05. The van der Waals surface area contributed by atoms with Crippen LogP contribution in [0.25, 0.3) is 0 Å². The van der Waals surface area contributed by atoms with E-state index in [9.17, 15) is 0 Å². The van der Waals surface area contributed by atoms with Crippen LogP contribution in [0.2, 0.25) is 0 Å². The highest BCUT2D eigenvalue weighted by atomic mass is 32.2. The van der Waals surface area contributed by atoms with Crippen molar-refractivity contribution >= 4 is 17.6 Å². The van der Waals surface area contributed by atoms with Crippen molar-refractivity contribution in [3.05, 3.63) is 12.4 Å². The molecule has 1 N–H and O–H groups in total. The molecule has 82 valence electrons. The largest absolute Gasteiger partial charge is 0.481 e. The number of nitrogens with zero attached hydrogens (tertiary/aromatic N) is 2. The summed E-state index contributed by atoms with van der Waals surface area (Å²) in [6.07, 6.45) is 4.03. The van der Waals surface area contributed by atoms with E-state index in [1.54, 1.807) is 7.11 Å². The molecule has 2 rings (SSSR count). The van der Waals surface area contributed by atoms with Gasteiger partial charge in [-0.25, -0.2) is 9.97 Å². The van der Waals surface area contributed by atoms with Gasteiger partial charge in [0.05, 0.1) is 7.11 Å². The molecule has 0 aromatic carbocycles. The first-order valence-electron chi connectivity index (χ1n) is 5.09. The molecule has 0 radical (unpaired) electrons. The molecule has 0 saturated carbocycles. The first-order valence-corrected chi connectivity index (χ1v) is 6.24. The van der Waals surface area contributed by atoms with Crippen LogP contribution in [0.5, 0.6) is 5.88 Å². The van der Waals surface area contributed by atoms with Gasteiger partial charge in [0.2, 0.25) is 5.88 Å². The second-order valence-electron chi connectivity index (χ2n) is 3.50. The Morgan fingerprint density at radius 1 is 1.53 bits per heavy atom. The standard InChI is InChI=1S/C10H15N3OS/c1-14-10-5-9(11-7-12-10)13-8-3-2-4-15-6-8/h5,7-8H,2-4,6H2,1H3,(H,11,12,13). The number of rotatable bonds is 3. The highest BCUT2D eigenvalue weighted by Gasteiger charge is 2.13. The minimum atomic E-state index is 0.531. The summed E-state index contributed by atoms with van der Waals surface area (Å²) < 4.78 is 5.05. The van der Waals surface area contributed by atoms with Crippen molar-refractivity contribution < 1.29 is 4.74 Å². The van der Waals surface area contributed by atoms with E-state index < -0.39 is 0 Å². The van der Waals surface area contributed by atoms with Gasteiger partial charge >= 0.3 is 0 Å². The molecule has 0 amide bonds. The molecular weight excluding hydrogens is 210 g/mol. The fraction of sp³-hybridized carbons (Fsp3) is 0.600. The average Bonchev–Trinajstić information content (AvgIpc) is 2.31. The third-order valence-electron chi connectivity index (χ3n) is 2.36. The molecule has 0 aliphatic carbocycles. The second-order valence-corrected chi connectivity index (χ2v) is 4.65. The van der Waals surface area contributed by atoms with Crippen LogP contribution < -0.4 is 10.1 Å². The first kappa shape index (κ1) is 10.5. The molecular formula is C10H15N3OS. The second kappa shape index (κ2) is 5.21. The van der Waals surface area contributed by atoms with Crippen LogP contribution in [-0.2, 0) is 0 Å².